The second kappa shape index (κ2) is 15.0. The summed E-state index contributed by atoms with van der Waals surface area (Å²) in [7, 11) is 0. The number of nitrogens with one attached hydrogen (secondary N) is 2. The number of rotatable bonds is 12. The summed E-state index contributed by atoms with van der Waals surface area (Å²) in [4.78, 5) is 21.6. The first-order valence-corrected chi connectivity index (χ1v) is 17.7. The van der Waals surface area contributed by atoms with Gasteiger partial charge >= 0.3 is 11.6 Å². The van der Waals surface area contributed by atoms with Crippen LogP contribution in [0.3, 0.4) is 0 Å². The van der Waals surface area contributed by atoms with Crippen molar-refractivity contribution in [1.29, 1.82) is 0 Å². The third kappa shape index (κ3) is 7.02. The first-order valence-electron chi connectivity index (χ1n) is 17.7. The summed E-state index contributed by atoms with van der Waals surface area (Å²) in [5, 5.41) is 30.7. The van der Waals surface area contributed by atoms with Gasteiger partial charge in [-0.15, -0.1) is 5.53 Å². The van der Waals surface area contributed by atoms with Crippen molar-refractivity contribution in [3.05, 3.63) is 125 Å². The summed E-state index contributed by atoms with van der Waals surface area (Å²) < 4.78 is 49.3. The maximum atomic E-state index is 16.2. The van der Waals surface area contributed by atoms with Gasteiger partial charge in [-0.2, -0.15) is 19.0 Å². The SMILES string of the molecule is CC[C@@H]([C@H](C)O)n1ncn(-c2ccc(N3CCN(c4ccc(-c5ccc(C(F)(F)C(O)(CN6C=NNN6)c6cccc(F)c6)nc5)cc4)CC3)cc2)c1=O. The van der Waals surface area contributed by atoms with Crippen LogP contribution in [-0.4, -0.2) is 79.7 Å². The van der Waals surface area contributed by atoms with Gasteiger partial charge in [-0.1, -0.05) is 37.3 Å². The van der Waals surface area contributed by atoms with Crippen LogP contribution in [-0.2, 0) is 11.5 Å². The normalized spacial score (nSPS) is 17.0. The van der Waals surface area contributed by atoms with Crippen molar-refractivity contribution in [3.8, 4) is 16.8 Å². The zero-order valence-corrected chi connectivity index (χ0v) is 29.7. The molecule has 2 aliphatic heterocycles. The standard InChI is InChI=1S/C38H41F3N10O3/c1-3-34(26(2)52)51-36(53)50(25-44-51)33-14-12-32(13-15-33)48-19-17-47(18-20-48)31-10-7-27(8-11-31)28-9-16-35(42-22-28)38(40,41)37(54,23-49-24-43-45-46-49)29-5-4-6-30(39)21-29/h4-16,21-22,24-26,34,45-46,52,54H,3,17-20,23H2,1-2H3/t26-,34-,37?/m0/s1. The van der Waals surface area contributed by atoms with Gasteiger partial charge < -0.3 is 20.0 Å². The monoisotopic (exact) mass is 742 g/mol. The van der Waals surface area contributed by atoms with Crippen LogP contribution in [0.1, 0.15) is 37.6 Å². The highest BCUT2D eigenvalue weighted by molar-refractivity contribution is 5.66. The number of β-amino-alcohol motifs (C(OH)–C–C–N with tert-alkyl or cyclic N) is 1. The number of aromatic nitrogens is 4. The van der Waals surface area contributed by atoms with E-state index < -0.39 is 41.7 Å². The number of aliphatic hydroxyl groups excluding tert-OH is 1. The Labute approximate surface area is 309 Å². The van der Waals surface area contributed by atoms with E-state index in [0.717, 1.165) is 60.3 Å². The second-order valence-corrected chi connectivity index (χ2v) is 13.5. The van der Waals surface area contributed by atoms with Gasteiger partial charge in [0.25, 0.3) is 0 Å². The molecule has 4 N–H and O–H groups in total. The van der Waals surface area contributed by atoms with E-state index in [0.29, 0.717) is 17.7 Å². The van der Waals surface area contributed by atoms with Crippen LogP contribution in [0.25, 0.3) is 16.8 Å². The van der Waals surface area contributed by atoms with E-state index in [9.17, 15) is 19.4 Å². The molecule has 1 saturated heterocycles. The smallest absolute Gasteiger partial charge is 0.350 e. The predicted molar refractivity (Wildman–Crippen MR) is 199 cm³/mol. The second-order valence-electron chi connectivity index (χ2n) is 13.5. The van der Waals surface area contributed by atoms with Gasteiger partial charge in [0.15, 0.2) is 5.60 Å². The first kappa shape index (κ1) is 36.6. The van der Waals surface area contributed by atoms with Crippen molar-refractivity contribution in [2.75, 3.05) is 42.5 Å². The molecule has 4 heterocycles. The summed E-state index contributed by atoms with van der Waals surface area (Å²) in [5.41, 5.74) is 4.95. The summed E-state index contributed by atoms with van der Waals surface area (Å²) in [6.45, 7) is 6.02. The minimum absolute atomic E-state index is 0.295. The number of hydrazone groups is 1. The average molecular weight is 743 g/mol. The van der Waals surface area contributed by atoms with E-state index in [1.807, 2.05) is 55.5 Å². The third-order valence-electron chi connectivity index (χ3n) is 10.1. The van der Waals surface area contributed by atoms with Crippen molar-refractivity contribution in [1.82, 2.24) is 35.4 Å². The van der Waals surface area contributed by atoms with E-state index in [2.05, 4.69) is 36.1 Å². The van der Waals surface area contributed by atoms with Crippen molar-refractivity contribution in [2.45, 2.75) is 43.9 Å². The van der Waals surface area contributed by atoms with E-state index in [1.54, 1.807) is 6.92 Å². The lowest BCUT2D eigenvalue weighted by Gasteiger charge is -2.38. The highest BCUT2D eigenvalue weighted by atomic mass is 19.3. The molecule has 0 saturated carbocycles. The highest BCUT2D eigenvalue weighted by Gasteiger charge is 2.57. The molecule has 0 amide bonds. The summed E-state index contributed by atoms with van der Waals surface area (Å²) in [6.07, 6.45) is 3.91. The highest BCUT2D eigenvalue weighted by Crippen LogP contribution is 2.45. The number of benzene rings is 3. The van der Waals surface area contributed by atoms with Gasteiger partial charge in [-0.05, 0) is 79.1 Å². The van der Waals surface area contributed by atoms with Crippen LogP contribution in [0.4, 0.5) is 24.5 Å². The van der Waals surface area contributed by atoms with Crippen LogP contribution in [0, 0.1) is 5.82 Å². The zero-order chi connectivity index (χ0) is 38.0. The van der Waals surface area contributed by atoms with Crippen LogP contribution in [0.15, 0.2) is 107 Å². The van der Waals surface area contributed by atoms with E-state index >= 15 is 8.78 Å². The van der Waals surface area contributed by atoms with Gasteiger partial charge in [0.1, 0.15) is 24.2 Å². The Balaban J connectivity index is 0.992. The molecule has 13 nitrogen and oxygen atoms in total. The Morgan fingerprint density at radius 3 is 2.07 bits per heavy atom. The van der Waals surface area contributed by atoms with Crippen molar-refractivity contribution in [3.63, 3.8) is 0 Å². The molecular formula is C38H41F3N10O3. The lowest BCUT2D eigenvalue weighted by molar-refractivity contribution is -0.204. The Hall–Kier alpha value is -5.71. The number of hydrogen-bond donors (Lipinski definition) is 4. The number of anilines is 2. The molecule has 7 rings (SSSR count). The number of nitrogens with zero attached hydrogens (tertiary/aromatic N) is 8. The largest absolute Gasteiger partial charge is 0.391 e. The Morgan fingerprint density at radius 1 is 0.889 bits per heavy atom. The number of hydrogen-bond acceptors (Lipinski definition) is 11. The molecule has 282 valence electrons. The molecular weight excluding hydrogens is 701 g/mol. The molecule has 1 fully saturated rings. The van der Waals surface area contributed by atoms with Gasteiger partial charge in [-0.25, -0.2) is 24.0 Å². The third-order valence-corrected chi connectivity index (χ3v) is 10.1. The minimum Gasteiger partial charge on any atom is -0.391 e. The number of hydrazine groups is 2. The molecule has 3 aromatic carbocycles. The van der Waals surface area contributed by atoms with Gasteiger partial charge in [0.05, 0.1) is 24.4 Å². The molecule has 5 aromatic rings. The fraction of sp³-hybridized carbons (Fsp3) is 0.316. The van der Waals surface area contributed by atoms with Crippen LogP contribution in [0.5, 0.6) is 0 Å². The molecule has 0 spiro atoms. The number of aliphatic hydroxyl groups is 2. The number of halogens is 3. The topological polar surface area (TPSA) is 139 Å². The number of pyridine rings is 1. The molecule has 54 heavy (non-hydrogen) atoms. The van der Waals surface area contributed by atoms with Gasteiger partial charge in [-0.3, -0.25) is 9.99 Å². The first-order chi connectivity index (χ1) is 26.0. The van der Waals surface area contributed by atoms with Crippen LogP contribution >= 0.6 is 0 Å². The molecule has 2 aliphatic rings. The molecule has 3 atom stereocenters. The van der Waals surface area contributed by atoms with Crippen molar-refractivity contribution < 1.29 is 23.4 Å². The van der Waals surface area contributed by atoms with Crippen LogP contribution in [0.2, 0.25) is 0 Å². The maximum absolute atomic E-state index is 16.2. The molecule has 2 aromatic heterocycles. The Morgan fingerprint density at radius 2 is 1.52 bits per heavy atom. The fourth-order valence-electron chi connectivity index (χ4n) is 6.98. The number of piperazine rings is 1. The zero-order valence-electron chi connectivity index (χ0n) is 29.7. The Kier molecular flexibility index (Phi) is 10.2. The van der Waals surface area contributed by atoms with E-state index in [-0.39, 0.29) is 11.3 Å². The van der Waals surface area contributed by atoms with Gasteiger partial charge in [0, 0.05) is 49.3 Å². The molecule has 0 radical (unpaired) electrons. The van der Waals surface area contributed by atoms with Crippen LogP contribution < -0.4 is 26.6 Å². The summed E-state index contributed by atoms with van der Waals surface area (Å²) in [6, 6.07) is 22.4. The number of alkyl halides is 2. The van der Waals surface area contributed by atoms with Crippen molar-refractivity contribution >= 4 is 17.7 Å². The molecule has 0 aliphatic carbocycles. The van der Waals surface area contributed by atoms with E-state index in [4.69, 9.17) is 0 Å². The van der Waals surface area contributed by atoms with E-state index in [1.165, 1.54) is 52.4 Å². The minimum atomic E-state index is -3.92. The summed E-state index contributed by atoms with van der Waals surface area (Å²) >= 11 is 0. The average Bonchev–Trinajstić information content (AvgIpc) is 3.84. The van der Waals surface area contributed by atoms with Crippen molar-refractivity contribution in [2.24, 2.45) is 5.10 Å². The maximum Gasteiger partial charge on any atom is 0.350 e. The molecule has 1 unspecified atom stereocenters. The predicted octanol–water partition coefficient (Wildman–Crippen LogP) is 4.14. The summed E-state index contributed by atoms with van der Waals surface area (Å²) in [5.74, 6) is -4.68. The molecule has 16 heteroatoms. The molecule has 0 bridgehead atoms. The lowest BCUT2D eigenvalue weighted by atomic mass is 9.84. The Bertz CT molecular complexity index is 2130. The van der Waals surface area contributed by atoms with Gasteiger partial charge in [0.2, 0.25) is 0 Å². The fourth-order valence-corrected chi connectivity index (χ4v) is 6.98. The lowest BCUT2D eigenvalue weighted by Crippen LogP contribution is -2.54. The quantitative estimate of drug-likeness (QED) is 0.148.